The van der Waals surface area contributed by atoms with Crippen molar-refractivity contribution in [3.63, 3.8) is 0 Å². The van der Waals surface area contributed by atoms with Crippen molar-refractivity contribution in [2.24, 2.45) is 0 Å². The van der Waals surface area contributed by atoms with E-state index in [0.29, 0.717) is 23.1 Å². The first-order valence-corrected chi connectivity index (χ1v) is 8.91. The first-order chi connectivity index (χ1) is 12.6. The molecule has 1 aliphatic rings. The molecule has 138 valence electrons. The van der Waals surface area contributed by atoms with Gasteiger partial charge in [-0.1, -0.05) is 30.3 Å². The summed E-state index contributed by atoms with van der Waals surface area (Å²) >= 11 is 0. The van der Waals surface area contributed by atoms with Crippen LogP contribution >= 0.6 is 0 Å². The van der Waals surface area contributed by atoms with Crippen molar-refractivity contribution in [3.8, 4) is 11.5 Å². The maximum Gasteiger partial charge on any atom is 0.254 e. The number of ether oxygens (including phenoxy) is 2. The van der Waals surface area contributed by atoms with E-state index in [4.69, 9.17) is 9.47 Å². The number of amides is 1. The summed E-state index contributed by atoms with van der Waals surface area (Å²) in [5.41, 5.74) is 1.94. The highest BCUT2D eigenvalue weighted by atomic mass is 16.5. The molecule has 1 atom stereocenters. The van der Waals surface area contributed by atoms with Crippen LogP contribution in [0, 0.1) is 0 Å². The van der Waals surface area contributed by atoms with Gasteiger partial charge in [-0.05, 0) is 30.7 Å². The fourth-order valence-electron chi connectivity index (χ4n) is 3.38. The summed E-state index contributed by atoms with van der Waals surface area (Å²) in [6, 6.07) is 16.1. The molecular weight excluding hydrogens is 328 g/mol. The SMILES string of the molecule is COc1ccc(C(=O)N2CCN(Cc3ccccc3)C(C)C2)cc1OC. The van der Waals surface area contributed by atoms with Gasteiger partial charge < -0.3 is 14.4 Å². The molecule has 2 aromatic carbocycles. The van der Waals surface area contributed by atoms with Crippen molar-refractivity contribution >= 4 is 5.91 Å². The van der Waals surface area contributed by atoms with Crippen LogP contribution in [0.3, 0.4) is 0 Å². The van der Waals surface area contributed by atoms with Gasteiger partial charge in [-0.3, -0.25) is 9.69 Å². The number of hydrogen-bond acceptors (Lipinski definition) is 4. The van der Waals surface area contributed by atoms with Gasteiger partial charge in [0.25, 0.3) is 5.91 Å². The fourth-order valence-corrected chi connectivity index (χ4v) is 3.38. The highest BCUT2D eigenvalue weighted by molar-refractivity contribution is 5.95. The number of benzene rings is 2. The molecule has 0 bridgehead atoms. The Bertz CT molecular complexity index is 748. The van der Waals surface area contributed by atoms with E-state index in [0.717, 1.165) is 26.2 Å². The Labute approximate surface area is 155 Å². The second kappa shape index (κ2) is 8.23. The summed E-state index contributed by atoms with van der Waals surface area (Å²) < 4.78 is 10.6. The van der Waals surface area contributed by atoms with Crippen LogP contribution in [0.5, 0.6) is 11.5 Å². The molecule has 1 fully saturated rings. The number of piperazine rings is 1. The zero-order valence-corrected chi connectivity index (χ0v) is 15.6. The molecule has 0 spiro atoms. The molecule has 1 heterocycles. The van der Waals surface area contributed by atoms with Gasteiger partial charge in [0.15, 0.2) is 11.5 Å². The smallest absolute Gasteiger partial charge is 0.254 e. The van der Waals surface area contributed by atoms with Gasteiger partial charge in [-0.25, -0.2) is 0 Å². The minimum absolute atomic E-state index is 0.0390. The van der Waals surface area contributed by atoms with Gasteiger partial charge in [-0.2, -0.15) is 0 Å². The highest BCUT2D eigenvalue weighted by Crippen LogP contribution is 2.28. The molecular formula is C21H26N2O3. The molecule has 1 aliphatic heterocycles. The van der Waals surface area contributed by atoms with Crippen LogP contribution in [0.2, 0.25) is 0 Å². The third-order valence-electron chi connectivity index (χ3n) is 4.91. The Kier molecular flexibility index (Phi) is 5.78. The molecule has 3 rings (SSSR count). The lowest BCUT2D eigenvalue weighted by Crippen LogP contribution is -2.53. The Morgan fingerprint density at radius 3 is 2.42 bits per heavy atom. The van der Waals surface area contributed by atoms with Gasteiger partial charge >= 0.3 is 0 Å². The number of rotatable bonds is 5. The van der Waals surface area contributed by atoms with E-state index in [-0.39, 0.29) is 5.91 Å². The molecule has 5 nitrogen and oxygen atoms in total. The van der Waals surface area contributed by atoms with E-state index in [1.807, 2.05) is 11.0 Å². The number of methoxy groups -OCH3 is 2. The van der Waals surface area contributed by atoms with E-state index in [1.165, 1.54) is 5.56 Å². The largest absolute Gasteiger partial charge is 0.493 e. The Balaban J connectivity index is 1.65. The zero-order valence-electron chi connectivity index (χ0n) is 15.6. The lowest BCUT2D eigenvalue weighted by atomic mass is 10.1. The van der Waals surface area contributed by atoms with Crippen LogP contribution < -0.4 is 9.47 Å². The van der Waals surface area contributed by atoms with Crippen LogP contribution in [0.15, 0.2) is 48.5 Å². The van der Waals surface area contributed by atoms with Gasteiger partial charge in [0, 0.05) is 37.8 Å². The van der Waals surface area contributed by atoms with Crippen LogP contribution in [0.25, 0.3) is 0 Å². The normalized spacial score (nSPS) is 17.8. The average molecular weight is 354 g/mol. The molecule has 2 aromatic rings. The second-order valence-corrected chi connectivity index (χ2v) is 6.63. The van der Waals surface area contributed by atoms with E-state index in [2.05, 4.69) is 36.1 Å². The Morgan fingerprint density at radius 1 is 1.04 bits per heavy atom. The molecule has 1 amide bonds. The summed E-state index contributed by atoms with van der Waals surface area (Å²) in [5, 5.41) is 0. The van der Waals surface area contributed by atoms with Crippen molar-refractivity contribution in [2.75, 3.05) is 33.9 Å². The first-order valence-electron chi connectivity index (χ1n) is 8.91. The fraction of sp³-hybridized carbons (Fsp3) is 0.381. The van der Waals surface area contributed by atoms with E-state index < -0.39 is 0 Å². The molecule has 5 heteroatoms. The molecule has 0 aromatic heterocycles. The van der Waals surface area contributed by atoms with Crippen LogP contribution in [0.1, 0.15) is 22.8 Å². The third-order valence-corrected chi connectivity index (χ3v) is 4.91. The molecule has 1 unspecified atom stereocenters. The summed E-state index contributed by atoms with van der Waals surface area (Å²) in [5.74, 6) is 1.25. The first kappa shape index (κ1) is 18.3. The topological polar surface area (TPSA) is 42.0 Å². The van der Waals surface area contributed by atoms with Crippen LogP contribution in [-0.4, -0.2) is 55.6 Å². The monoisotopic (exact) mass is 354 g/mol. The van der Waals surface area contributed by atoms with Gasteiger partial charge in [0.1, 0.15) is 0 Å². The average Bonchev–Trinajstić information content (AvgIpc) is 2.69. The predicted molar refractivity (Wildman–Crippen MR) is 102 cm³/mol. The standard InChI is InChI=1S/C21H26N2O3/c1-16-14-23(12-11-22(16)15-17-7-5-4-6-8-17)21(24)18-9-10-19(25-2)20(13-18)26-3/h4-10,13,16H,11-12,14-15H2,1-3H3. The molecule has 0 radical (unpaired) electrons. The molecule has 0 aliphatic carbocycles. The summed E-state index contributed by atoms with van der Waals surface area (Å²) in [6.07, 6.45) is 0. The summed E-state index contributed by atoms with van der Waals surface area (Å²) in [7, 11) is 3.17. The minimum atomic E-state index is 0.0390. The van der Waals surface area contributed by atoms with Crippen molar-refractivity contribution < 1.29 is 14.3 Å². The second-order valence-electron chi connectivity index (χ2n) is 6.63. The van der Waals surface area contributed by atoms with Crippen molar-refractivity contribution in [3.05, 3.63) is 59.7 Å². The quantitative estimate of drug-likeness (QED) is 0.828. The van der Waals surface area contributed by atoms with E-state index >= 15 is 0 Å². The number of hydrogen-bond donors (Lipinski definition) is 0. The van der Waals surface area contributed by atoms with Crippen molar-refractivity contribution in [1.29, 1.82) is 0 Å². The van der Waals surface area contributed by atoms with Crippen LogP contribution in [-0.2, 0) is 6.54 Å². The maximum atomic E-state index is 12.9. The maximum absolute atomic E-state index is 12.9. The van der Waals surface area contributed by atoms with E-state index in [1.54, 1.807) is 32.4 Å². The number of carbonyl (C=O) groups is 1. The van der Waals surface area contributed by atoms with Gasteiger partial charge in [0.05, 0.1) is 14.2 Å². The lowest BCUT2D eigenvalue weighted by molar-refractivity contribution is 0.0495. The van der Waals surface area contributed by atoms with Gasteiger partial charge in [0.2, 0.25) is 0 Å². The summed E-state index contributed by atoms with van der Waals surface area (Å²) in [6.45, 7) is 5.41. The Morgan fingerprint density at radius 2 is 1.77 bits per heavy atom. The third kappa shape index (κ3) is 3.99. The van der Waals surface area contributed by atoms with Crippen molar-refractivity contribution in [1.82, 2.24) is 9.80 Å². The Hall–Kier alpha value is -2.53. The summed E-state index contributed by atoms with van der Waals surface area (Å²) in [4.78, 5) is 17.2. The van der Waals surface area contributed by atoms with Gasteiger partial charge in [-0.15, -0.1) is 0 Å². The highest BCUT2D eigenvalue weighted by Gasteiger charge is 2.27. The zero-order chi connectivity index (χ0) is 18.5. The van der Waals surface area contributed by atoms with Crippen molar-refractivity contribution in [2.45, 2.75) is 19.5 Å². The molecule has 1 saturated heterocycles. The van der Waals surface area contributed by atoms with E-state index in [9.17, 15) is 4.79 Å². The predicted octanol–water partition coefficient (Wildman–Crippen LogP) is 3.05. The van der Waals surface area contributed by atoms with Crippen LogP contribution in [0.4, 0.5) is 0 Å². The molecule has 0 saturated carbocycles. The molecule has 0 N–H and O–H groups in total. The number of carbonyl (C=O) groups excluding carboxylic acids is 1. The number of nitrogens with zero attached hydrogens (tertiary/aromatic N) is 2. The lowest BCUT2D eigenvalue weighted by Gasteiger charge is -2.40. The molecule has 26 heavy (non-hydrogen) atoms. The minimum Gasteiger partial charge on any atom is -0.493 e.